The monoisotopic (exact) mass is 348 g/mol. The van der Waals surface area contributed by atoms with E-state index in [1.165, 1.54) is 6.92 Å². The van der Waals surface area contributed by atoms with Gasteiger partial charge in [0.1, 0.15) is 11.4 Å². The zero-order valence-electron chi connectivity index (χ0n) is 11.8. The molecule has 2 N–H and O–H groups in total. The molecule has 0 saturated heterocycles. The Hall–Kier alpha value is -0.750. The van der Waals surface area contributed by atoms with Gasteiger partial charge in [0.25, 0.3) is 20.2 Å². The Morgan fingerprint density at radius 3 is 2.14 bits per heavy atom. The molecule has 2 unspecified atom stereocenters. The fourth-order valence-corrected chi connectivity index (χ4v) is 3.03. The first-order chi connectivity index (χ1) is 9.43. The Labute approximate surface area is 124 Å². The van der Waals surface area contributed by atoms with Gasteiger partial charge < -0.3 is 9.47 Å². The van der Waals surface area contributed by atoms with Crippen molar-refractivity contribution in [2.45, 2.75) is 38.0 Å². The van der Waals surface area contributed by atoms with Gasteiger partial charge in [0.15, 0.2) is 0 Å². The highest BCUT2D eigenvalue weighted by molar-refractivity contribution is 7.86. The number of esters is 1. The summed E-state index contributed by atoms with van der Waals surface area (Å²) in [7, 11) is -8.47. The number of hydrogen-bond acceptors (Lipinski definition) is 7. The Morgan fingerprint density at radius 1 is 1.14 bits per heavy atom. The van der Waals surface area contributed by atoms with Crippen LogP contribution in [-0.4, -0.2) is 62.2 Å². The summed E-state index contributed by atoms with van der Waals surface area (Å²) >= 11 is 0. The SMILES string of the molecule is CC(=O)OC(C)C(CCOCCCS(=O)(=O)O)S(=O)(=O)O. The van der Waals surface area contributed by atoms with Crippen LogP contribution in [0.1, 0.15) is 26.7 Å². The summed E-state index contributed by atoms with van der Waals surface area (Å²) < 4.78 is 70.6. The lowest BCUT2D eigenvalue weighted by Crippen LogP contribution is -2.36. The van der Waals surface area contributed by atoms with E-state index in [2.05, 4.69) is 0 Å². The second-order valence-corrected chi connectivity index (χ2v) is 7.62. The molecular formula is C10H20O9S2. The van der Waals surface area contributed by atoms with Crippen LogP contribution in [0, 0.1) is 0 Å². The molecule has 9 nitrogen and oxygen atoms in total. The van der Waals surface area contributed by atoms with Crippen molar-refractivity contribution < 1.29 is 40.2 Å². The van der Waals surface area contributed by atoms with Gasteiger partial charge in [-0.05, 0) is 19.8 Å². The van der Waals surface area contributed by atoms with Crippen LogP contribution in [0.15, 0.2) is 0 Å². The zero-order valence-corrected chi connectivity index (χ0v) is 13.4. The molecule has 0 aliphatic rings. The van der Waals surface area contributed by atoms with Crippen molar-refractivity contribution in [1.82, 2.24) is 0 Å². The third-order valence-corrected chi connectivity index (χ3v) is 4.68. The molecule has 0 aromatic rings. The van der Waals surface area contributed by atoms with Gasteiger partial charge in [-0.1, -0.05) is 0 Å². The van der Waals surface area contributed by atoms with Crippen LogP contribution >= 0.6 is 0 Å². The van der Waals surface area contributed by atoms with E-state index in [1.54, 1.807) is 0 Å². The Bertz CT molecular complexity index is 523. The molecule has 0 aliphatic carbocycles. The number of carbonyl (C=O) groups is 1. The van der Waals surface area contributed by atoms with E-state index >= 15 is 0 Å². The van der Waals surface area contributed by atoms with E-state index in [-0.39, 0.29) is 26.1 Å². The van der Waals surface area contributed by atoms with Gasteiger partial charge in [-0.25, -0.2) is 0 Å². The molecule has 11 heteroatoms. The highest BCUT2D eigenvalue weighted by Gasteiger charge is 2.31. The average Bonchev–Trinajstić information content (AvgIpc) is 2.23. The average molecular weight is 348 g/mol. The van der Waals surface area contributed by atoms with Gasteiger partial charge in [0, 0.05) is 20.1 Å². The first-order valence-electron chi connectivity index (χ1n) is 6.10. The molecule has 0 fully saturated rings. The maximum Gasteiger partial charge on any atom is 0.302 e. The molecule has 0 bridgehead atoms. The number of ether oxygens (including phenoxy) is 2. The maximum absolute atomic E-state index is 11.2. The molecular weight excluding hydrogens is 328 g/mol. The van der Waals surface area contributed by atoms with E-state index in [9.17, 15) is 21.6 Å². The summed E-state index contributed by atoms with van der Waals surface area (Å²) in [5.41, 5.74) is 0. The second kappa shape index (κ2) is 8.63. The molecule has 2 atom stereocenters. The molecule has 21 heavy (non-hydrogen) atoms. The second-order valence-electron chi connectivity index (χ2n) is 4.41. The van der Waals surface area contributed by atoms with Gasteiger partial charge in [0.05, 0.1) is 5.75 Å². The predicted octanol–water partition coefficient (Wildman–Crippen LogP) is -0.121. The molecule has 0 heterocycles. The zero-order chi connectivity index (χ0) is 16.7. The van der Waals surface area contributed by atoms with E-state index in [0.29, 0.717) is 0 Å². The third kappa shape index (κ3) is 10.6. The molecule has 0 saturated carbocycles. The molecule has 0 aromatic heterocycles. The van der Waals surface area contributed by atoms with Crippen LogP contribution < -0.4 is 0 Å². The molecule has 0 rings (SSSR count). The molecule has 0 radical (unpaired) electrons. The first kappa shape index (κ1) is 20.2. The van der Waals surface area contributed by atoms with Crippen molar-refractivity contribution in [3.05, 3.63) is 0 Å². The Morgan fingerprint density at radius 2 is 1.71 bits per heavy atom. The minimum absolute atomic E-state index is 0.0000668. The lowest BCUT2D eigenvalue weighted by atomic mass is 10.2. The van der Waals surface area contributed by atoms with Crippen LogP contribution in [0.5, 0.6) is 0 Å². The lowest BCUT2D eigenvalue weighted by molar-refractivity contribution is -0.145. The minimum Gasteiger partial charge on any atom is -0.461 e. The third-order valence-electron chi connectivity index (χ3n) is 2.50. The van der Waals surface area contributed by atoms with Crippen molar-refractivity contribution in [1.29, 1.82) is 0 Å². The standard InChI is InChI=1S/C10H20O9S2/c1-8(19-9(2)11)10(21(15,16)17)4-6-18-5-3-7-20(12,13)14/h8,10H,3-7H2,1-2H3,(H,12,13,14)(H,15,16,17). The predicted molar refractivity (Wildman–Crippen MR) is 73.0 cm³/mol. The molecule has 0 spiro atoms. The van der Waals surface area contributed by atoms with E-state index in [4.69, 9.17) is 18.6 Å². The Kier molecular flexibility index (Phi) is 8.33. The summed E-state index contributed by atoms with van der Waals surface area (Å²) in [6.07, 6.45) is -1.12. The highest BCUT2D eigenvalue weighted by Crippen LogP contribution is 2.13. The normalized spacial score (nSPS) is 15.4. The van der Waals surface area contributed by atoms with E-state index in [1.807, 2.05) is 0 Å². The number of rotatable bonds is 10. The topological polar surface area (TPSA) is 144 Å². The molecule has 0 aromatic carbocycles. The van der Waals surface area contributed by atoms with E-state index < -0.39 is 43.3 Å². The number of hydrogen-bond donors (Lipinski definition) is 2. The van der Waals surface area contributed by atoms with E-state index in [0.717, 1.165) is 6.92 Å². The van der Waals surface area contributed by atoms with Crippen molar-refractivity contribution in [2.24, 2.45) is 0 Å². The van der Waals surface area contributed by atoms with Crippen LogP contribution in [0.4, 0.5) is 0 Å². The van der Waals surface area contributed by atoms with Crippen LogP contribution in [0.3, 0.4) is 0 Å². The van der Waals surface area contributed by atoms with Gasteiger partial charge in [0.2, 0.25) is 0 Å². The maximum atomic E-state index is 11.2. The van der Waals surface area contributed by atoms with Gasteiger partial charge in [-0.3, -0.25) is 13.9 Å². The van der Waals surface area contributed by atoms with Gasteiger partial charge in [-0.15, -0.1) is 0 Å². The van der Waals surface area contributed by atoms with Crippen molar-refractivity contribution in [2.75, 3.05) is 19.0 Å². The summed E-state index contributed by atoms with van der Waals surface area (Å²) in [6, 6.07) is 0. The minimum atomic E-state index is -4.42. The lowest BCUT2D eigenvalue weighted by Gasteiger charge is -2.20. The van der Waals surface area contributed by atoms with Crippen molar-refractivity contribution >= 4 is 26.2 Å². The van der Waals surface area contributed by atoms with Crippen LogP contribution in [0.25, 0.3) is 0 Å². The van der Waals surface area contributed by atoms with Crippen LogP contribution in [0.2, 0.25) is 0 Å². The summed E-state index contributed by atoms with van der Waals surface area (Å²) in [4.78, 5) is 10.8. The summed E-state index contributed by atoms with van der Waals surface area (Å²) in [5.74, 6) is -1.14. The smallest absolute Gasteiger partial charge is 0.302 e. The largest absolute Gasteiger partial charge is 0.461 e. The molecule has 0 amide bonds. The molecule has 126 valence electrons. The highest BCUT2D eigenvalue weighted by atomic mass is 32.2. The quantitative estimate of drug-likeness (QED) is 0.313. The van der Waals surface area contributed by atoms with Gasteiger partial charge >= 0.3 is 5.97 Å². The molecule has 0 aliphatic heterocycles. The first-order valence-corrected chi connectivity index (χ1v) is 9.21. The van der Waals surface area contributed by atoms with Gasteiger partial charge in [-0.2, -0.15) is 16.8 Å². The summed E-state index contributed by atoms with van der Waals surface area (Å²) in [6.45, 7) is 2.36. The van der Waals surface area contributed by atoms with Crippen molar-refractivity contribution in [3.63, 3.8) is 0 Å². The Balaban J connectivity index is 4.24. The summed E-state index contributed by atoms with van der Waals surface area (Å²) in [5, 5.41) is -1.33. The van der Waals surface area contributed by atoms with Crippen molar-refractivity contribution in [3.8, 4) is 0 Å². The fourth-order valence-electron chi connectivity index (χ4n) is 1.61. The number of carbonyl (C=O) groups excluding carboxylic acids is 1. The fraction of sp³-hybridized carbons (Fsp3) is 0.900. The van der Waals surface area contributed by atoms with Crippen LogP contribution in [-0.2, 0) is 34.5 Å².